The van der Waals surface area contributed by atoms with Crippen molar-refractivity contribution >= 4 is 22.7 Å². The third-order valence-corrected chi connectivity index (χ3v) is 4.87. The van der Waals surface area contributed by atoms with E-state index in [0.717, 1.165) is 11.1 Å². The molecule has 1 aliphatic heterocycles. The lowest BCUT2D eigenvalue weighted by atomic mass is 9.92. The third kappa shape index (κ3) is 2.70. The molecule has 2 heterocycles. The minimum Gasteiger partial charge on any atom is -0.488 e. The predicted molar refractivity (Wildman–Crippen MR) is 103 cm³/mol. The number of ether oxygens (including phenoxy) is 1. The summed E-state index contributed by atoms with van der Waals surface area (Å²) < 4.78 is 33.9. The zero-order valence-corrected chi connectivity index (χ0v) is 14.6. The molecule has 0 radical (unpaired) electrons. The summed E-state index contributed by atoms with van der Waals surface area (Å²) in [6, 6.07) is 14.6. The largest absolute Gasteiger partial charge is 0.488 e. The number of benzene rings is 3. The predicted octanol–water partition coefficient (Wildman–Crippen LogP) is 4.62. The van der Waals surface area contributed by atoms with Gasteiger partial charge in [-0.2, -0.15) is 0 Å². The first kappa shape index (κ1) is 16.5. The van der Waals surface area contributed by atoms with E-state index in [-0.39, 0.29) is 18.1 Å². The van der Waals surface area contributed by atoms with Gasteiger partial charge in [0.1, 0.15) is 24.0 Å². The van der Waals surface area contributed by atoms with Crippen molar-refractivity contribution in [2.24, 2.45) is 0 Å². The summed E-state index contributed by atoms with van der Waals surface area (Å²) in [5, 5.41) is 0. The molecule has 0 unspecified atom stereocenters. The Balaban J connectivity index is 1.77. The molecule has 0 fully saturated rings. The van der Waals surface area contributed by atoms with Crippen LogP contribution in [0.1, 0.15) is 22.3 Å². The van der Waals surface area contributed by atoms with Crippen molar-refractivity contribution in [2.75, 3.05) is 0 Å². The Bertz CT molecular complexity index is 1320. The molecule has 0 saturated heterocycles. The van der Waals surface area contributed by atoms with Crippen LogP contribution >= 0.6 is 0 Å². The molecule has 28 heavy (non-hydrogen) atoms. The van der Waals surface area contributed by atoms with Gasteiger partial charge in [-0.15, -0.1) is 0 Å². The van der Waals surface area contributed by atoms with Crippen LogP contribution in [0.4, 0.5) is 8.78 Å². The highest BCUT2D eigenvalue weighted by Gasteiger charge is 2.22. The van der Waals surface area contributed by atoms with Crippen LogP contribution in [0.25, 0.3) is 22.7 Å². The standard InChI is InChI=1S/C22H14F2N2O2/c23-13-5-6-15-16(8-12-4-7-19-20(9-12)26-22(27)25-19)14-2-1-3-18(24)17(14)11-28-21(15)10-13/h1-10H,11H2,(H2,25,26,27)/b16-8+. The van der Waals surface area contributed by atoms with Crippen LogP contribution in [-0.4, -0.2) is 9.97 Å². The first-order valence-electron chi connectivity index (χ1n) is 8.73. The molecule has 6 heteroatoms. The van der Waals surface area contributed by atoms with E-state index in [1.54, 1.807) is 18.2 Å². The van der Waals surface area contributed by atoms with Crippen LogP contribution in [0.2, 0.25) is 0 Å². The number of aromatic amines is 2. The van der Waals surface area contributed by atoms with E-state index < -0.39 is 5.82 Å². The van der Waals surface area contributed by atoms with Gasteiger partial charge in [-0.1, -0.05) is 18.2 Å². The number of fused-ring (bicyclic) bond motifs is 3. The number of nitrogens with one attached hydrogen (secondary N) is 2. The fraction of sp³-hybridized carbons (Fsp3) is 0.0455. The number of aromatic nitrogens is 2. The van der Waals surface area contributed by atoms with Gasteiger partial charge in [0.25, 0.3) is 0 Å². The smallest absolute Gasteiger partial charge is 0.323 e. The summed E-state index contributed by atoms with van der Waals surface area (Å²) in [6.07, 6.45) is 1.88. The zero-order chi connectivity index (χ0) is 19.3. The monoisotopic (exact) mass is 376 g/mol. The van der Waals surface area contributed by atoms with Crippen molar-refractivity contribution in [3.05, 3.63) is 99.0 Å². The molecule has 5 rings (SSSR count). The molecule has 3 aromatic carbocycles. The third-order valence-electron chi connectivity index (χ3n) is 4.87. The Morgan fingerprint density at radius 2 is 1.79 bits per heavy atom. The SMILES string of the molecule is O=c1[nH]c2ccc(/C=C3/c4ccc(F)cc4OCc4c(F)cccc43)cc2[nH]1. The lowest BCUT2D eigenvalue weighted by Crippen LogP contribution is -1.99. The average molecular weight is 376 g/mol. The Morgan fingerprint density at radius 1 is 0.929 bits per heavy atom. The van der Waals surface area contributed by atoms with Gasteiger partial charge in [0.15, 0.2) is 0 Å². The molecule has 1 aliphatic rings. The van der Waals surface area contributed by atoms with E-state index in [4.69, 9.17) is 4.74 Å². The van der Waals surface area contributed by atoms with Gasteiger partial charge in [0.2, 0.25) is 0 Å². The van der Waals surface area contributed by atoms with E-state index in [1.807, 2.05) is 24.3 Å². The number of rotatable bonds is 1. The summed E-state index contributed by atoms with van der Waals surface area (Å²) in [5.74, 6) is -0.434. The first-order chi connectivity index (χ1) is 13.6. The van der Waals surface area contributed by atoms with Gasteiger partial charge in [-0.3, -0.25) is 0 Å². The molecule has 0 amide bonds. The van der Waals surface area contributed by atoms with Crippen molar-refractivity contribution in [3.63, 3.8) is 0 Å². The Hall–Kier alpha value is -3.67. The molecule has 0 aliphatic carbocycles. The van der Waals surface area contributed by atoms with Gasteiger partial charge in [0, 0.05) is 17.2 Å². The molecule has 4 nitrogen and oxygen atoms in total. The Kier molecular flexibility index (Phi) is 3.65. The maximum atomic E-state index is 14.5. The lowest BCUT2D eigenvalue weighted by Gasteiger charge is -2.11. The quantitative estimate of drug-likeness (QED) is 0.509. The maximum Gasteiger partial charge on any atom is 0.323 e. The molecule has 0 atom stereocenters. The molecule has 138 valence electrons. The second kappa shape index (κ2) is 6.20. The number of hydrogen-bond donors (Lipinski definition) is 2. The molecule has 0 bridgehead atoms. The number of halogens is 2. The van der Waals surface area contributed by atoms with Crippen molar-refractivity contribution < 1.29 is 13.5 Å². The molecular weight excluding hydrogens is 362 g/mol. The van der Waals surface area contributed by atoms with Crippen LogP contribution in [-0.2, 0) is 6.61 Å². The van der Waals surface area contributed by atoms with Crippen LogP contribution < -0.4 is 10.4 Å². The fourth-order valence-corrected chi connectivity index (χ4v) is 3.55. The summed E-state index contributed by atoms with van der Waals surface area (Å²) in [5.41, 5.74) is 4.40. The van der Waals surface area contributed by atoms with Gasteiger partial charge in [0.05, 0.1) is 11.0 Å². The van der Waals surface area contributed by atoms with E-state index >= 15 is 0 Å². The second-order valence-electron chi connectivity index (χ2n) is 6.64. The maximum absolute atomic E-state index is 14.5. The summed E-state index contributed by atoms with van der Waals surface area (Å²) in [7, 11) is 0. The first-order valence-corrected chi connectivity index (χ1v) is 8.73. The summed E-state index contributed by atoms with van der Waals surface area (Å²) in [4.78, 5) is 16.9. The van der Waals surface area contributed by atoms with Gasteiger partial charge < -0.3 is 14.7 Å². The Labute approximate surface area is 158 Å². The fourth-order valence-electron chi connectivity index (χ4n) is 3.55. The van der Waals surface area contributed by atoms with Crippen LogP contribution in [0.3, 0.4) is 0 Å². The van der Waals surface area contributed by atoms with E-state index in [9.17, 15) is 13.6 Å². The molecule has 0 spiro atoms. The van der Waals surface area contributed by atoms with E-state index in [1.165, 1.54) is 18.2 Å². The minimum atomic E-state index is -0.421. The van der Waals surface area contributed by atoms with Gasteiger partial charge >= 0.3 is 5.69 Å². The van der Waals surface area contributed by atoms with Crippen LogP contribution in [0.5, 0.6) is 5.75 Å². The van der Waals surface area contributed by atoms with Crippen molar-refractivity contribution in [2.45, 2.75) is 6.61 Å². The van der Waals surface area contributed by atoms with Crippen molar-refractivity contribution in [1.29, 1.82) is 0 Å². The highest BCUT2D eigenvalue weighted by Crippen LogP contribution is 2.39. The number of hydrogen-bond acceptors (Lipinski definition) is 2. The zero-order valence-electron chi connectivity index (χ0n) is 14.6. The van der Waals surface area contributed by atoms with Gasteiger partial charge in [-0.25, -0.2) is 13.6 Å². The van der Waals surface area contributed by atoms with Crippen molar-refractivity contribution in [3.8, 4) is 5.75 Å². The van der Waals surface area contributed by atoms with E-state index in [2.05, 4.69) is 9.97 Å². The molecule has 0 saturated carbocycles. The normalized spacial score (nSPS) is 14.4. The second-order valence-corrected chi connectivity index (χ2v) is 6.64. The number of imidazole rings is 1. The average Bonchev–Trinajstić information content (AvgIpc) is 2.97. The van der Waals surface area contributed by atoms with E-state index in [0.29, 0.717) is 33.5 Å². The summed E-state index contributed by atoms with van der Waals surface area (Å²) in [6.45, 7) is 0.0139. The van der Waals surface area contributed by atoms with Crippen LogP contribution in [0.15, 0.2) is 59.4 Å². The highest BCUT2D eigenvalue weighted by atomic mass is 19.1. The molecule has 2 N–H and O–H groups in total. The minimum absolute atomic E-state index is 0.0139. The molecular formula is C22H14F2N2O2. The molecule has 4 aromatic rings. The molecule has 1 aromatic heterocycles. The highest BCUT2D eigenvalue weighted by molar-refractivity contribution is 5.95. The van der Waals surface area contributed by atoms with Gasteiger partial charge in [-0.05, 0) is 53.1 Å². The summed E-state index contributed by atoms with van der Waals surface area (Å²) >= 11 is 0. The number of H-pyrrole nitrogens is 2. The van der Waals surface area contributed by atoms with Crippen LogP contribution in [0, 0.1) is 11.6 Å². The topological polar surface area (TPSA) is 57.9 Å². The lowest BCUT2D eigenvalue weighted by molar-refractivity contribution is 0.299. The van der Waals surface area contributed by atoms with Crippen molar-refractivity contribution in [1.82, 2.24) is 9.97 Å². The Morgan fingerprint density at radius 3 is 2.68 bits per heavy atom.